The Morgan fingerprint density at radius 1 is 1.36 bits per heavy atom. The maximum atomic E-state index is 13.0. The van der Waals surface area contributed by atoms with Crippen molar-refractivity contribution in [3.8, 4) is 11.5 Å². The largest absolute Gasteiger partial charge is 0.497 e. The topological polar surface area (TPSA) is 88.9 Å². The number of aliphatic hydroxyl groups excluding tert-OH is 1. The lowest BCUT2D eigenvalue weighted by Gasteiger charge is -2.24. The van der Waals surface area contributed by atoms with E-state index in [4.69, 9.17) is 9.47 Å². The minimum absolute atomic E-state index is 0.134. The number of amides is 1. The maximum Gasteiger partial charge on any atom is 0.274 e. The Morgan fingerprint density at radius 2 is 2.21 bits per heavy atom. The van der Waals surface area contributed by atoms with Crippen LogP contribution in [-0.2, 0) is 6.54 Å². The zero-order valence-corrected chi connectivity index (χ0v) is 16.4. The molecular formula is C20H28N4O4. The third kappa shape index (κ3) is 4.63. The minimum Gasteiger partial charge on any atom is -0.497 e. The zero-order valence-electron chi connectivity index (χ0n) is 16.4. The summed E-state index contributed by atoms with van der Waals surface area (Å²) in [5.74, 6) is 1.12. The highest BCUT2D eigenvalue weighted by atomic mass is 16.5. The Bertz CT molecular complexity index is 786. The first-order chi connectivity index (χ1) is 13.7. The highest BCUT2D eigenvalue weighted by Crippen LogP contribution is 2.26. The highest BCUT2D eigenvalue weighted by molar-refractivity contribution is 5.92. The molecule has 1 unspecified atom stereocenters. The van der Waals surface area contributed by atoms with Gasteiger partial charge in [-0.25, -0.2) is 0 Å². The van der Waals surface area contributed by atoms with Crippen molar-refractivity contribution in [3.63, 3.8) is 0 Å². The summed E-state index contributed by atoms with van der Waals surface area (Å²) in [6.07, 6.45) is 4.00. The lowest BCUT2D eigenvalue weighted by Crippen LogP contribution is -2.34. The van der Waals surface area contributed by atoms with Crippen LogP contribution in [0.5, 0.6) is 11.5 Å². The van der Waals surface area contributed by atoms with Gasteiger partial charge in [0.25, 0.3) is 5.91 Å². The molecule has 152 valence electrons. The van der Waals surface area contributed by atoms with Crippen molar-refractivity contribution >= 4 is 5.91 Å². The number of piperidine rings is 1. The Labute approximate surface area is 165 Å². The zero-order chi connectivity index (χ0) is 19.9. The Kier molecular flexibility index (Phi) is 6.89. The first kappa shape index (κ1) is 20.2. The van der Waals surface area contributed by atoms with Crippen molar-refractivity contribution < 1.29 is 19.4 Å². The van der Waals surface area contributed by atoms with E-state index >= 15 is 0 Å². The molecule has 8 heteroatoms. The van der Waals surface area contributed by atoms with Crippen LogP contribution in [0.1, 0.15) is 34.9 Å². The van der Waals surface area contributed by atoms with E-state index in [1.165, 1.54) is 0 Å². The summed E-state index contributed by atoms with van der Waals surface area (Å²) in [6.45, 7) is 2.24. The molecule has 2 aromatic rings. The van der Waals surface area contributed by atoms with Gasteiger partial charge in [0.1, 0.15) is 17.2 Å². The van der Waals surface area contributed by atoms with E-state index < -0.39 is 0 Å². The molecule has 1 atom stereocenters. The maximum absolute atomic E-state index is 13.0. The van der Waals surface area contributed by atoms with Crippen molar-refractivity contribution in [2.45, 2.75) is 25.4 Å². The third-order valence-electron chi connectivity index (χ3n) is 4.98. The molecule has 0 aliphatic carbocycles. The van der Waals surface area contributed by atoms with Crippen LogP contribution in [0, 0.1) is 0 Å². The number of carbonyl (C=O) groups is 1. The van der Waals surface area contributed by atoms with Gasteiger partial charge in [0.2, 0.25) is 0 Å². The van der Waals surface area contributed by atoms with Crippen LogP contribution < -0.4 is 14.8 Å². The molecule has 1 aromatic heterocycles. The highest BCUT2D eigenvalue weighted by Gasteiger charge is 2.22. The van der Waals surface area contributed by atoms with E-state index in [0.717, 1.165) is 31.5 Å². The van der Waals surface area contributed by atoms with E-state index in [1.807, 2.05) is 16.9 Å². The Balaban J connectivity index is 1.78. The molecule has 1 aromatic carbocycles. The summed E-state index contributed by atoms with van der Waals surface area (Å²) in [5.41, 5.74) is 1.18. The van der Waals surface area contributed by atoms with E-state index in [2.05, 4.69) is 10.4 Å². The number of benzene rings is 1. The number of hydrogen-bond donors (Lipinski definition) is 2. The summed E-state index contributed by atoms with van der Waals surface area (Å²) in [6, 6.07) is 7.45. The number of carbonyl (C=O) groups excluding carboxylic acids is 1. The summed E-state index contributed by atoms with van der Waals surface area (Å²) < 4.78 is 12.6. The molecule has 0 spiro atoms. The van der Waals surface area contributed by atoms with E-state index in [1.54, 1.807) is 37.3 Å². The lowest BCUT2D eigenvalue weighted by molar-refractivity contribution is 0.0699. The SMILES string of the molecule is COc1ccc(OC)c(CN(CCO)C(=O)c2ccn(C3CCCNC3)n2)c1. The molecule has 8 nitrogen and oxygen atoms in total. The van der Waals surface area contributed by atoms with Crippen LogP contribution >= 0.6 is 0 Å². The quantitative estimate of drug-likeness (QED) is 0.712. The number of nitrogens with zero attached hydrogens (tertiary/aromatic N) is 3. The Hall–Kier alpha value is -2.58. The fourth-order valence-corrected chi connectivity index (χ4v) is 3.46. The van der Waals surface area contributed by atoms with Gasteiger partial charge in [-0.15, -0.1) is 0 Å². The van der Waals surface area contributed by atoms with Crippen LogP contribution in [0.2, 0.25) is 0 Å². The number of rotatable bonds is 8. The molecule has 0 radical (unpaired) electrons. The predicted octanol–water partition coefficient (Wildman–Crippen LogP) is 1.46. The molecule has 1 aliphatic heterocycles. The number of methoxy groups -OCH3 is 2. The summed E-state index contributed by atoms with van der Waals surface area (Å²) in [4.78, 5) is 14.6. The van der Waals surface area contributed by atoms with Crippen molar-refractivity contribution in [1.29, 1.82) is 0 Å². The molecule has 3 rings (SSSR count). The third-order valence-corrected chi connectivity index (χ3v) is 4.98. The number of aliphatic hydroxyl groups is 1. The van der Waals surface area contributed by atoms with Crippen LogP contribution in [0.3, 0.4) is 0 Å². The fraction of sp³-hybridized carbons (Fsp3) is 0.500. The molecule has 1 aliphatic rings. The minimum atomic E-state index is -0.221. The molecule has 2 heterocycles. The van der Waals surface area contributed by atoms with Crippen molar-refractivity contribution in [2.75, 3.05) is 40.5 Å². The molecule has 0 saturated carbocycles. The van der Waals surface area contributed by atoms with Crippen molar-refractivity contribution in [1.82, 2.24) is 20.0 Å². The number of nitrogens with one attached hydrogen (secondary N) is 1. The van der Waals surface area contributed by atoms with Crippen molar-refractivity contribution in [2.24, 2.45) is 0 Å². The molecule has 1 saturated heterocycles. The van der Waals surface area contributed by atoms with Gasteiger partial charge < -0.3 is 24.8 Å². The second kappa shape index (κ2) is 9.57. The summed E-state index contributed by atoms with van der Waals surface area (Å²) >= 11 is 0. The Morgan fingerprint density at radius 3 is 2.89 bits per heavy atom. The first-order valence-corrected chi connectivity index (χ1v) is 9.53. The molecule has 28 heavy (non-hydrogen) atoms. The number of aromatic nitrogens is 2. The average molecular weight is 388 g/mol. The molecule has 0 bridgehead atoms. The van der Waals surface area contributed by atoms with Crippen LogP contribution in [0.4, 0.5) is 0 Å². The number of ether oxygens (including phenoxy) is 2. The van der Waals surface area contributed by atoms with Crippen LogP contribution in [0.25, 0.3) is 0 Å². The monoisotopic (exact) mass is 388 g/mol. The van der Waals surface area contributed by atoms with Gasteiger partial charge in [-0.2, -0.15) is 5.10 Å². The molecular weight excluding hydrogens is 360 g/mol. The fourth-order valence-electron chi connectivity index (χ4n) is 3.46. The van der Waals surface area contributed by atoms with Gasteiger partial charge in [0, 0.05) is 31.4 Å². The van der Waals surface area contributed by atoms with E-state index in [0.29, 0.717) is 17.2 Å². The summed E-state index contributed by atoms with van der Waals surface area (Å²) in [5, 5.41) is 17.3. The van der Waals surface area contributed by atoms with Gasteiger partial charge in [-0.1, -0.05) is 0 Å². The van der Waals surface area contributed by atoms with Gasteiger partial charge in [0.15, 0.2) is 0 Å². The number of hydrogen-bond acceptors (Lipinski definition) is 6. The van der Waals surface area contributed by atoms with Crippen LogP contribution in [0.15, 0.2) is 30.5 Å². The first-order valence-electron chi connectivity index (χ1n) is 9.53. The van der Waals surface area contributed by atoms with Gasteiger partial charge in [0.05, 0.1) is 26.9 Å². The lowest BCUT2D eigenvalue weighted by atomic mass is 10.1. The smallest absolute Gasteiger partial charge is 0.274 e. The second-order valence-electron chi connectivity index (χ2n) is 6.81. The molecule has 1 amide bonds. The molecule has 2 N–H and O–H groups in total. The van der Waals surface area contributed by atoms with Crippen molar-refractivity contribution in [3.05, 3.63) is 41.7 Å². The normalized spacial score (nSPS) is 16.6. The summed E-state index contributed by atoms with van der Waals surface area (Å²) in [7, 11) is 3.18. The van der Waals surface area contributed by atoms with Gasteiger partial charge >= 0.3 is 0 Å². The van der Waals surface area contributed by atoms with E-state index in [-0.39, 0.29) is 31.6 Å². The predicted molar refractivity (Wildman–Crippen MR) is 105 cm³/mol. The second-order valence-corrected chi connectivity index (χ2v) is 6.81. The standard InChI is InChI=1S/C20H28N4O4/c1-27-17-5-6-19(28-2)15(12-17)14-23(10-11-25)20(26)18-7-9-24(22-18)16-4-3-8-21-13-16/h5-7,9,12,16,21,25H,3-4,8,10-11,13-14H2,1-2H3. The van der Waals surface area contributed by atoms with E-state index in [9.17, 15) is 9.90 Å². The average Bonchev–Trinajstić information content (AvgIpc) is 3.23. The van der Waals surface area contributed by atoms with Gasteiger partial charge in [-0.3, -0.25) is 9.48 Å². The van der Waals surface area contributed by atoms with Crippen LogP contribution in [-0.4, -0.2) is 66.2 Å². The molecule has 1 fully saturated rings. The van der Waals surface area contributed by atoms with Gasteiger partial charge in [-0.05, 0) is 43.7 Å².